The maximum absolute atomic E-state index is 6.00. The number of imidazole rings is 1. The number of nitrogens with zero attached hydrogens (tertiary/aromatic N) is 4. The molecule has 3 aromatic heterocycles. The van der Waals surface area contributed by atoms with Crippen molar-refractivity contribution in [3.8, 4) is 11.4 Å². The summed E-state index contributed by atoms with van der Waals surface area (Å²) in [5.74, 6) is 0.476. The molecule has 4 rings (SSSR count). The third-order valence-electron chi connectivity index (χ3n) is 4.08. The lowest BCUT2D eigenvalue weighted by Crippen LogP contribution is -2.28. The molecule has 6 heteroatoms. The minimum Gasteiger partial charge on any atom is -0.316 e. The van der Waals surface area contributed by atoms with Gasteiger partial charge in [-0.15, -0.1) is 0 Å². The first-order valence-electron chi connectivity index (χ1n) is 7.49. The van der Waals surface area contributed by atoms with Gasteiger partial charge in [-0.2, -0.15) is 5.10 Å². The fourth-order valence-corrected chi connectivity index (χ4v) is 3.09. The fourth-order valence-electron chi connectivity index (χ4n) is 2.95. The predicted molar refractivity (Wildman–Crippen MR) is 86.1 cm³/mol. The molecule has 5 nitrogen and oxygen atoms in total. The summed E-state index contributed by atoms with van der Waals surface area (Å²) in [6.45, 7) is 2.10. The topological polar surface area (TPSA) is 55.1 Å². The maximum atomic E-state index is 6.00. The molecule has 1 saturated heterocycles. The van der Waals surface area contributed by atoms with Crippen LogP contribution in [-0.2, 0) is 0 Å². The Kier molecular flexibility index (Phi) is 3.52. The average molecular weight is 314 g/mol. The lowest BCUT2D eigenvalue weighted by atomic mass is 9.95. The first-order valence-corrected chi connectivity index (χ1v) is 7.87. The van der Waals surface area contributed by atoms with Gasteiger partial charge >= 0.3 is 0 Å². The summed E-state index contributed by atoms with van der Waals surface area (Å²) in [5, 5.41) is 8.20. The molecule has 0 aliphatic carbocycles. The van der Waals surface area contributed by atoms with Crippen LogP contribution in [-0.4, -0.2) is 32.7 Å². The molecule has 0 bridgehead atoms. The highest BCUT2D eigenvalue weighted by molar-refractivity contribution is 6.29. The van der Waals surface area contributed by atoms with Gasteiger partial charge in [0.2, 0.25) is 0 Å². The van der Waals surface area contributed by atoms with Crippen molar-refractivity contribution in [2.75, 3.05) is 13.1 Å². The van der Waals surface area contributed by atoms with Crippen molar-refractivity contribution < 1.29 is 0 Å². The highest BCUT2D eigenvalue weighted by Gasteiger charge is 2.17. The zero-order valence-corrected chi connectivity index (χ0v) is 12.8. The SMILES string of the molecule is Clc1ccc2ncc(-c3cccc([C@@H]4CCCNC4)n3)n2n1. The minimum absolute atomic E-state index is 0.444. The number of hydrogen-bond acceptors (Lipinski definition) is 4. The largest absolute Gasteiger partial charge is 0.316 e. The van der Waals surface area contributed by atoms with Gasteiger partial charge in [-0.1, -0.05) is 17.7 Å². The predicted octanol–water partition coefficient (Wildman–Crippen LogP) is 2.91. The van der Waals surface area contributed by atoms with Gasteiger partial charge in [-0.25, -0.2) is 9.50 Å². The van der Waals surface area contributed by atoms with Crippen molar-refractivity contribution in [1.82, 2.24) is 24.9 Å². The Balaban J connectivity index is 1.76. The van der Waals surface area contributed by atoms with Crippen molar-refractivity contribution in [2.45, 2.75) is 18.8 Å². The Labute approximate surface area is 133 Å². The first-order chi connectivity index (χ1) is 10.8. The molecular weight excluding hydrogens is 298 g/mol. The number of rotatable bonds is 2. The standard InChI is InChI=1S/C16H16ClN5/c17-15-6-7-16-19-10-14(22(16)21-15)13-5-1-4-12(20-13)11-3-2-8-18-9-11/h1,4-7,10-11,18H,2-3,8-9H2/t11-/m1/s1. The van der Waals surface area contributed by atoms with Gasteiger partial charge in [0.05, 0.1) is 11.9 Å². The van der Waals surface area contributed by atoms with Crippen molar-refractivity contribution in [2.24, 2.45) is 0 Å². The summed E-state index contributed by atoms with van der Waals surface area (Å²) < 4.78 is 1.74. The minimum atomic E-state index is 0.444. The molecule has 1 atom stereocenters. The Morgan fingerprint density at radius 1 is 1.23 bits per heavy atom. The number of fused-ring (bicyclic) bond motifs is 1. The average Bonchev–Trinajstić information content (AvgIpc) is 2.99. The summed E-state index contributed by atoms with van der Waals surface area (Å²) >= 11 is 6.00. The Bertz CT molecular complexity index is 807. The van der Waals surface area contributed by atoms with Crippen LogP contribution in [0.4, 0.5) is 0 Å². The number of halogens is 1. The second-order valence-electron chi connectivity index (χ2n) is 5.56. The molecule has 1 N–H and O–H groups in total. The number of piperidine rings is 1. The number of aromatic nitrogens is 4. The van der Waals surface area contributed by atoms with E-state index in [0.29, 0.717) is 11.1 Å². The normalized spacial score (nSPS) is 18.7. The zero-order chi connectivity index (χ0) is 14.9. The molecule has 0 aromatic carbocycles. The smallest absolute Gasteiger partial charge is 0.154 e. The van der Waals surface area contributed by atoms with Crippen molar-refractivity contribution in [3.63, 3.8) is 0 Å². The molecule has 112 valence electrons. The van der Waals surface area contributed by atoms with Gasteiger partial charge in [0.25, 0.3) is 0 Å². The molecule has 0 amide bonds. The van der Waals surface area contributed by atoms with Gasteiger partial charge in [0.1, 0.15) is 10.8 Å². The van der Waals surface area contributed by atoms with E-state index in [0.717, 1.165) is 35.8 Å². The Morgan fingerprint density at radius 3 is 3.05 bits per heavy atom. The van der Waals surface area contributed by atoms with Crippen molar-refractivity contribution in [1.29, 1.82) is 0 Å². The van der Waals surface area contributed by atoms with E-state index >= 15 is 0 Å². The highest BCUT2D eigenvalue weighted by atomic mass is 35.5. The molecule has 0 radical (unpaired) electrons. The third-order valence-corrected chi connectivity index (χ3v) is 4.28. The van der Waals surface area contributed by atoms with Crippen LogP contribution in [0.3, 0.4) is 0 Å². The molecule has 3 aromatic rings. The van der Waals surface area contributed by atoms with E-state index < -0.39 is 0 Å². The van der Waals surface area contributed by atoms with Crippen LogP contribution < -0.4 is 5.32 Å². The van der Waals surface area contributed by atoms with Crippen molar-refractivity contribution in [3.05, 3.63) is 47.4 Å². The van der Waals surface area contributed by atoms with Gasteiger partial charge in [0, 0.05) is 18.2 Å². The second-order valence-corrected chi connectivity index (χ2v) is 5.95. The first kappa shape index (κ1) is 13.7. The van der Waals surface area contributed by atoms with Crippen LogP contribution in [0.1, 0.15) is 24.5 Å². The summed E-state index contributed by atoms with van der Waals surface area (Å²) in [7, 11) is 0. The Hall–Kier alpha value is -1.98. The van der Waals surface area contributed by atoms with E-state index in [1.807, 2.05) is 12.1 Å². The maximum Gasteiger partial charge on any atom is 0.154 e. The number of hydrogen-bond donors (Lipinski definition) is 1. The van der Waals surface area contributed by atoms with E-state index in [2.05, 4.69) is 27.5 Å². The van der Waals surface area contributed by atoms with Crippen LogP contribution in [0.2, 0.25) is 5.15 Å². The Morgan fingerprint density at radius 2 is 2.18 bits per heavy atom. The zero-order valence-electron chi connectivity index (χ0n) is 12.0. The van der Waals surface area contributed by atoms with Crippen LogP contribution in [0.25, 0.3) is 17.0 Å². The van der Waals surface area contributed by atoms with E-state index in [9.17, 15) is 0 Å². The molecule has 0 spiro atoms. The summed E-state index contributed by atoms with van der Waals surface area (Å²) in [6, 6.07) is 9.74. The van der Waals surface area contributed by atoms with Gasteiger partial charge in [-0.05, 0) is 43.7 Å². The van der Waals surface area contributed by atoms with Gasteiger partial charge in [0.15, 0.2) is 5.65 Å². The molecule has 0 unspecified atom stereocenters. The molecule has 1 aliphatic heterocycles. The fraction of sp³-hybridized carbons (Fsp3) is 0.312. The molecule has 22 heavy (non-hydrogen) atoms. The highest BCUT2D eigenvalue weighted by Crippen LogP contribution is 2.25. The van der Waals surface area contributed by atoms with Crippen LogP contribution in [0, 0.1) is 0 Å². The molecule has 0 saturated carbocycles. The molecular formula is C16H16ClN5. The van der Waals surface area contributed by atoms with Crippen LogP contribution in [0.15, 0.2) is 36.5 Å². The monoisotopic (exact) mass is 313 g/mol. The third kappa shape index (κ3) is 2.46. The lowest BCUT2D eigenvalue weighted by Gasteiger charge is -2.22. The summed E-state index contributed by atoms with van der Waals surface area (Å²) in [4.78, 5) is 9.20. The van der Waals surface area contributed by atoms with Crippen LogP contribution in [0.5, 0.6) is 0 Å². The van der Waals surface area contributed by atoms with Gasteiger partial charge < -0.3 is 5.32 Å². The van der Waals surface area contributed by atoms with Gasteiger partial charge in [-0.3, -0.25) is 4.98 Å². The van der Waals surface area contributed by atoms with Crippen molar-refractivity contribution >= 4 is 17.2 Å². The van der Waals surface area contributed by atoms with Crippen LogP contribution >= 0.6 is 11.6 Å². The number of nitrogens with one attached hydrogen (secondary N) is 1. The molecule has 1 fully saturated rings. The second kappa shape index (κ2) is 5.66. The molecule has 4 heterocycles. The quantitative estimate of drug-likeness (QED) is 0.790. The number of pyridine rings is 1. The van der Waals surface area contributed by atoms with E-state index in [-0.39, 0.29) is 0 Å². The summed E-state index contributed by atoms with van der Waals surface area (Å²) in [6.07, 6.45) is 4.17. The van der Waals surface area contributed by atoms with E-state index in [4.69, 9.17) is 16.6 Å². The summed E-state index contributed by atoms with van der Waals surface area (Å²) in [5.41, 5.74) is 3.64. The van der Waals surface area contributed by atoms with E-state index in [1.165, 1.54) is 12.8 Å². The lowest BCUT2D eigenvalue weighted by molar-refractivity contribution is 0.455. The molecule has 1 aliphatic rings. The van der Waals surface area contributed by atoms with E-state index in [1.54, 1.807) is 16.8 Å².